The van der Waals surface area contributed by atoms with Gasteiger partial charge in [0.25, 0.3) is 0 Å². The van der Waals surface area contributed by atoms with Crippen molar-refractivity contribution in [2.45, 2.75) is 135 Å². The highest BCUT2D eigenvalue weighted by Crippen LogP contribution is 2.46. The number of benzene rings is 1. The number of halogens is 1. The molecule has 1 aromatic carbocycles. The fraction of sp³-hybridized carbons (Fsp3) is 0.818. The minimum Gasteiger partial charge on any atom is -0.207 e. The maximum atomic E-state index is 15.3. The summed E-state index contributed by atoms with van der Waals surface area (Å²) in [7, 11) is 0. The summed E-state index contributed by atoms with van der Waals surface area (Å²) in [4.78, 5) is 0. The first-order chi connectivity index (χ1) is 16.6. The monoisotopic (exact) mass is 466 g/mol. The van der Waals surface area contributed by atoms with Gasteiger partial charge in [-0.2, -0.15) is 0 Å². The molecule has 5 rings (SSSR count). The standard InChI is InChI=1S/C33H51F/c1-3-24-6-10-26(11-7-24)27-12-14-29(15-13-27)31-20-21-32(33(34)22-31)30-18-16-28(17-19-30)25-8-4-23(2)5-9-25/h20-30H,3-19H2,1-2H3. The summed E-state index contributed by atoms with van der Waals surface area (Å²) in [5.41, 5.74) is 2.32. The number of rotatable bonds is 5. The SMILES string of the molecule is CCC1CCC(C2CCC(c3ccc(C4CCC(C5CCC(C)CC5)CC4)c(F)c3)CC2)CC1. The van der Waals surface area contributed by atoms with Crippen molar-refractivity contribution < 1.29 is 4.39 Å². The van der Waals surface area contributed by atoms with Gasteiger partial charge in [0.2, 0.25) is 0 Å². The van der Waals surface area contributed by atoms with Crippen molar-refractivity contribution in [3.05, 3.63) is 35.1 Å². The lowest BCUT2D eigenvalue weighted by Crippen LogP contribution is -2.25. The van der Waals surface area contributed by atoms with Gasteiger partial charge in [0.15, 0.2) is 0 Å². The maximum absolute atomic E-state index is 15.3. The lowest BCUT2D eigenvalue weighted by molar-refractivity contribution is 0.158. The predicted molar refractivity (Wildman–Crippen MR) is 143 cm³/mol. The van der Waals surface area contributed by atoms with Gasteiger partial charge in [0.05, 0.1) is 0 Å². The van der Waals surface area contributed by atoms with Crippen LogP contribution in [0.1, 0.15) is 146 Å². The molecule has 0 nitrogen and oxygen atoms in total. The van der Waals surface area contributed by atoms with Crippen molar-refractivity contribution >= 4 is 0 Å². The van der Waals surface area contributed by atoms with Gasteiger partial charge in [0, 0.05) is 0 Å². The Hall–Kier alpha value is -0.850. The van der Waals surface area contributed by atoms with Gasteiger partial charge < -0.3 is 0 Å². The molecule has 0 amide bonds. The van der Waals surface area contributed by atoms with Crippen LogP contribution in [-0.2, 0) is 0 Å². The average Bonchev–Trinajstić information content (AvgIpc) is 2.89. The van der Waals surface area contributed by atoms with Crippen molar-refractivity contribution in [2.24, 2.45) is 35.5 Å². The van der Waals surface area contributed by atoms with Crippen LogP contribution in [0.2, 0.25) is 0 Å². The van der Waals surface area contributed by atoms with Crippen LogP contribution in [0, 0.1) is 41.3 Å². The van der Waals surface area contributed by atoms with Gasteiger partial charge in [-0.15, -0.1) is 0 Å². The van der Waals surface area contributed by atoms with Crippen LogP contribution in [0.5, 0.6) is 0 Å². The van der Waals surface area contributed by atoms with Gasteiger partial charge >= 0.3 is 0 Å². The summed E-state index contributed by atoms with van der Waals surface area (Å²) in [6, 6.07) is 6.45. The first-order valence-corrected chi connectivity index (χ1v) is 15.4. The molecule has 0 saturated heterocycles. The fourth-order valence-corrected chi connectivity index (χ4v) is 8.78. The van der Waals surface area contributed by atoms with E-state index in [-0.39, 0.29) is 5.82 Å². The van der Waals surface area contributed by atoms with Crippen LogP contribution in [0.15, 0.2) is 18.2 Å². The quantitative estimate of drug-likeness (QED) is 0.405. The Kier molecular flexibility index (Phi) is 8.38. The van der Waals surface area contributed by atoms with Crippen LogP contribution in [0.3, 0.4) is 0 Å². The molecule has 0 aromatic heterocycles. The van der Waals surface area contributed by atoms with Crippen molar-refractivity contribution in [2.75, 3.05) is 0 Å². The van der Waals surface area contributed by atoms with Gasteiger partial charge in [0.1, 0.15) is 5.82 Å². The Morgan fingerprint density at radius 1 is 0.618 bits per heavy atom. The normalized spacial score (nSPS) is 39.6. The third-order valence-electron chi connectivity index (χ3n) is 11.3. The summed E-state index contributed by atoms with van der Waals surface area (Å²) in [6.45, 7) is 4.78. The van der Waals surface area contributed by atoms with Crippen LogP contribution >= 0.6 is 0 Å². The van der Waals surface area contributed by atoms with Crippen LogP contribution in [-0.4, -0.2) is 0 Å². The smallest absolute Gasteiger partial charge is 0.126 e. The van der Waals surface area contributed by atoms with E-state index in [0.29, 0.717) is 11.8 Å². The van der Waals surface area contributed by atoms with E-state index in [4.69, 9.17) is 0 Å². The second-order valence-electron chi connectivity index (χ2n) is 13.2. The first kappa shape index (κ1) is 24.8. The molecule has 0 N–H and O–H groups in total. The van der Waals surface area contributed by atoms with E-state index in [2.05, 4.69) is 26.0 Å². The lowest BCUT2D eigenvalue weighted by Gasteiger charge is -2.38. The van der Waals surface area contributed by atoms with Gasteiger partial charge in [-0.1, -0.05) is 58.1 Å². The van der Waals surface area contributed by atoms with Gasteiger partial charge in [-0.3, -0.25) is 0 Å². The van der Waals surface area contributed by atoms with E-state index in [0.717, 1.165) is 41.1 Å². The summed E-state index contributed by atoms with van der Waals surface area (Å²) >= 11 is 0. The van der Waals surface area contributed by atoms with Crippen LogP contribution < -0.4 is 0 Å². The molecule has 0 radical (unpaired) electrons. The molecule has 4 saturated carbocycles. The second-order valence-corrected chi connectivity index (χ2v) is 13.2. The number of hydrogen-bond donors (Lipinski definition) is 0. The molecule has 0 spiro atoms. The fourth-order valence-electron chi connectivity index (χ4n) is 8.78. The summed E-state index contributed by atoms with van der Waals surface area (Å²) < 4.78 is 15.3. The molecule has 34 heavy (non-hydrogen) atoms. The summed E-state index contributed by atoms with van der Waals surface area (Å²) in [5.74, 6) is 6.90. The third-order valence-corrected chi connectivity index (χ3v) is 11.3. The molecule has 0 aliphatic heterocycles. The van der Waals surface area contributed by atoms with Crippen molar-refractivity contribution in [3.8, 4) is 0 Å². The molecule has 1 heteroatoms. The lowest BCUT2D eigenvalue weighted by atomic mass is 9.67. The largest absolute Gasteiger partial charge is 0.207 e. The Bertz CT molecular complexity index is 751. The Morgan fingerprint density at radius 3 is 1.59 bits per heavy atom. The molecule has 0 heterocycles. The molecule has 190 valence electrons. The van der Waals surface area contributed by atoms with Gasteiger partial charge in [-0.05, 0) is 142 Å². The van der Waals surface area contributed by atoms with E-state index in [1.165, 1.54) is 115 Å². The van der Waals surface area contributed by atoms with E-state index in [1.54, 1.807) is 0 Å². The highest BCUT2D eigenvalue weighted by atomic mass is 19.1. The zero-order valence-corrected chi connectivity index (χ0v) is 22.2. The minimum absolute atomic E-state index is 0.104. The highest BCUT2D eigenvalue weighted by Gasteiger charge is 2.33. The van der Waals surface area contributed by atoms with Crippen LogP contribution in [0.4, 0.5) is 4.39 Å². The molecule has 0 unspecified atom stereocenters. The van der Waals surface area contributed by atoms with E-state index < -0.39 is 0 Å². The van der Waals surface area contributed by atoms with Gasteiger partial charge in [-0.25, -0.2) is 4.39 Å². The van der Waals surface area contributed by atoms with Crippen LogP contribution in [0.25, 0.3) is 0 Å². The minimum atomic E-state index is 0.104. The first-order valence-electron chi connectivity index (χ1n) is 15.4. The second kappa shape index (κ2) is 11.5. The summed E-state index contributed by atoms with van der Waals surface area (Å²) in [6.07, 6.45) is 23.4. The molecule has 0 atom stereocenters. The molecule has 4 aliphatic carbocycles. The maximum Gasteiger partial charge on any atom is 0.126 e. The van der Waals surface area contributed by atoms with E-state index >= 15 is 4.39 Å². The number of hydrogen-bond acceptors (Lipinski definition) is 0. The van der Waals surface area contributed by atoms with Crippen molar-refractivity contribution in [3.63, 3.8) is 0 Å². The predicted octanol–water partition coefficient (Wildman–Crippen LogP) is 10.4. The van der Waals surface area contributed by atoms with E-state index in [9.17, 15) is 0 Å². The average molecular weight is 467 g/mol. The van der Waals surface area contributed by atoms with E-state index in [1.807, 2.05) is 6.07 Å². The zero-order chi connectivity index (χ0) is 23.5. The molecule has 4 aliphatic rings. The molecular weight excluding hydrogens is 415 g/mol. The topological polar surface area (TPSA) is 0 Å². The van der Waals surface area contributed by atoms with Crippen molar-refractivity contribution in [1.29, 1.82) is 0 Å². The summed E-state index contributed by atoms with van der Waals surface area (Å²) in [5, 5.41) is 0. The zero-order valence-electron chi connectivity index (χ0n) is 22.2. The highest BCUT2D eigenvalue weighted by molar-refractivity contribution is 5.30. The third kappa shape index (κ3) is 5.75. The Morgan fingerprint density at radius 2 is 1.09 bits per heavy atom. The Labute approximate surface area is 209 Å². The molecular formula is C33H51F. The molecule has 1 aromatic rings. The Balaban J connectivity index is 1.11. The molecule has 4 fully saturated rings. The molecule has 0 bridgehead atoms. The van der Waals surface area contributed by atoms with Crippen molar-refractivity contribution in [1.82, 2.24) is 0 Å².